The van der Waals surface area contributed by atoms with Crippen molar-refractivity contribution in [3.63, 3.8) is 0 Å². The van der Waals surface area contributed by atoms with Gasteiger partial charge in [-0.05, 0) is 55.7 Å². The van der Waals surface area contributed by atoms with Crippen molar-refractivity contribution in [2.75, 3.05) is 0 Å². The van der Waals surface area contributed by atoms with Crippen LogP contribution in [-0.2, 0) is 10.2 Å². The quantitative estimate of drug-likeness (QED) is 0.816. The van der Waals surface area contributed by atoms with Crippen LogP contribution in [0.3, 0.4) is 0 Å². The summed E-state index contributed by atoms with van der Waals surface area (Å²) in [5.41, 5.74) is 1.25. The van der Waals surface area contributed by atoms with Crippen LogP contribution in [0.2, 0.25) is 0 Å². The van der Waals surface area contributed by atoms with E-state index in [1.165, 1.54) is 5.56 Å². The van der Waals surface area contributed by atoms with Gasteiger partial charge in [0.05, 0.1) is 0 Å². The Hall–Kier alpha value is -1.51. The molecule has 1 N–H and O–H groups in total. The van der Waals surface area contributed by atoms with Crippen LogP contribution < -0.4 is 10.1 Å². The number of carbonyl (C=O) groups excluding carboxylic acids is 1. The fraction of sp³-hybridized carbons (Fsp3) is 0.667. The Morgan fingerprint density at radius 2 is 1.50 bits per heavy atom. The summed E-state index contributed by atoms with van der Waals surface area (Å²) in [4.78, 5) is 12.4. The minimum absolute atomic E-state index is 0.0795. The Morgan fingerprint density at radius 3 is 1.92 bits per heavy atom. The zero-order valence-electron chi connectivity index (χ0n) is 16.9. The second-order valence-corrected chi connectivity index (χ2v) is 9.65. The van der Waals surface area contributed by atoms with E-state index in [4.69, 9.17) is 4.74 Å². The molecule has 1 amide bonds. The molecule has 0 heterocycles. The molecule has 3 nitrogen and oxygen atoms in total. The van der Waals surface area contributed by atoms with E-state index in [9.17, 15) is 4.79 Å². The molecule has 0 bridgehead atoms. The van der Waals surface area contributed by atoms with Crippen LogP contribution in [0.25, 0.3) is 0 Å². The van der Waals surface area contributed by atoms with Crippen LogP contribution in [0.1, 0.15) is 74.3 Å². The zero-order valence-corrected chi connectivity index (χ0v) is 16.9. The van der Waals surface area contributed by atoms with Gasteiger partial charge in [-0.1, -0.05) is 53.7 Å². The molecule has 1 unspecified atom stereocenters. The maximum atomic E-state index is 12.4. The van der Waals surface area contributed by atoms with Gasteiger partial charge in [-0.3, -0.25) is 4.79 Å². The number of rotatable bonds is 5. The minimum atomic E-state index is -0.523. The molecule has 24 heavy (non-hydrogen) atoms. The van der Waals surface area contributed by atoms with E-state index in [1.54, 1.807) is 6.92 Å². The summed E-state index contributed by atoms with van der Waals surface area (Å²) in [6.07, 6.45) is 0.378. The molecule has 1 aromatic carbocycles. The molecule has 0 fully saturated rings. The second-order valence-electron chi connectivity index (χ2n) is 9.65. The number of carbonyl (C=O) groups is 1. The first-order valence-corrected chi connectivity index (χ1v) is 8.79. The molecule has 0 aliphatic carbocycles. The summed E-state index contributed by atoms with van der Waals surface area (Å²) in [5.74, 6) is 0.642. The first-order valence-electron chi connectivity index (χ1n) is 8.79. The third kappa shape index (κ3) is 6.94. The van der Waals surface area contributed by atoms with Gasteiger partial charge in [0.15, 0.2) is 6.10 Å². The Bertz CT molecular complexity index is 545. The lowest BCUT2D eigenvalue weighted by Crippen LogP contribution is -2.50. The molecule has 1 rings (SSSR count). The van der Waals surface area contributed by atoms with E-state index in [1.807, 2.05) is 12.1 Å². The standard InChI is InChI=1S/C21H35NO2/c1-15(18(23)22-21(8,9)14-19(2,3)4)24-17-12-10-16(11-13-17)20(5,6)7/h10-13,15H,14H2,1-9H3,(H,22,23). The highest BCUT2D eigenvalue weighted by Gasteiger charge is 2.29. The first-order chi connectivity index (χ1) is 10.7. The molecule has 0 saturated heterocycles. The van der Waals surface area contributed by atoms with Crippen molar-refractivity contribution < 1.29 is 9.53 Å². The van der Waals surface area contributed by atoms with Crippen LogP contribution in [0.4, 0.5) is 0 Å². The van der Waals surface area contributed by atoms with Crippen LogP contribution >= 0.6 is 0 Å². The number of ether oxygens (including phenoxy) is 1. The molecule has 0 radical (unpaired) electrons. The van der Waals surface area contributed by atoms with Crippen LogP contribution in [0, 0.1) is 5.41 Å². The second kappa shape index (κ2) is 7.16. The summed E-state index contributed by atoms with van der Waals surface area (Å²) < 4.78 is 5.81. The van der Waals surface area contributed by atoms with E-state index < -0.39 is 6.10 Å². The largest absolute Gasteiger partial charge is 0.481 e. The van der Waals surface area contributed by atoms with Crippen molar-refractivity contribution >= 4 is 5.91 Å². The van der Waals surface area contributed by atoms with Gasteiger partial charge in [-0.25, -0.2) is 0 Å². The number of hydrogen-bond acceptors (Lipinski definition) is 2. The van der Waals surface area contributed by atoms with Gasteiger partial charge in [-0.15, -0.1) is 0 Å². The van der Waals surface area contributed by atoms with E-state index in [0.29, 0.717) is 0 Å². The lowest BCUT2D eigenvalue weighted by atomic mass is 9.81. The third-order valence-electron chi connectivity index (χ3n) is 3.84. The van der Waals surface area contributed by atoms with Gasteiger partial charge >= 0.3 is 0 Å². The summed E-state index contributed by atoms with van der Waals surface area (Å²) >= 11 is 0. The molecule has 3 heteroatoms. The van der Waals surface area contributed by atoms with Crippen LogP contribution in [0.15, 0.2) is 24.3 Å². The molecule has 1 atom stereocenters. The van der Waals surface area contributed by atoms with Gasteiger partial charge in [0.25, 0.3) is 5.91 Å². The summed E-state index contributed by atoms with van der Waals surface area (Å²) in [6, 6.07) is 7.99. The van der Waals surface area contributed by atoms with Gasteiger partial charge in [0.2, 0.25) is 0 Å². The molecule has 0 aliphatic heterocycles. The van der Waals surface area contributed by atoms with Crippen molar-refractivity contribution in [2.45, 2.75) is 85.8 Å². The van der Waals surface area contributed by atoms with Crippen LogP contribution in [0.5, 0.6) is 5.75 Å². The fourth-order valence-corrected chi connectivity index (χ4v) is 3.10. The predicted molar refractivity (Wildman–Crippen MR) is 102 cm³/mol. The van der Waals surface area contributed by atoms with Crippen molar-refractivity contribution in [2.24, 2.45) is 5.41 Å². The zero-order chi connectivity index (χ0) is 18.8. The molecule has 0 saturated carbocycles. The fourth-order valence-electron chi connectivity index (χ4n) is 3.10. The Kier molecular flexibility index (Phi) is 6.13. The molecule has 0 aromatic heterocycles. The van der Waals surface area contributed by atoms with Crippen LogP contribution in [-0.4, -0.2) is 17.6 Å². The predicted octanol–water partition coefficient (Wildman–Crippen LogP) is 5.08. The average molecular weight is 334 g/mol. The topological polar surface area (TPSA) is 38.3 Å². The number of hydrogen-bond donors (Lipinski definition) is 1. The van der Waals surface area contributed by atoms with Gasteiger partial charge < -0.3 is 10.1 Å². The molecule has 136 valence electrons. The number of nitrogens with one attached hydrogen (secondary N) is 1. The minimum Gasteiger partial charge on any atom is -0.481 e. The Labute approximate surface area is 148 Å². The van der Waals surface area contributed by atoms with Crippen molar-refractivity contribution in [1.29, 1.82) is 0 Å². The summed E-state index contributed by atoms with van der Waals surface area (Å²) in [5, 5.41) is 3.10. The van der Waals surface area contributed by atoms with E-state index >= 15 is 0 Å². The van der Waals surface area contributed by atoms with Gasteiger partial charge in [0.1, 0.15) is 5.75 Å². The lowest BCUT2D eigenvalue weighted by molar-refractivity contribution is -0.129. The Morgan fingerprint density at radius 1 is 1.00 bits per heavy atom. The van der Waals surface area contributed by atoms with E-state index in [2.05, 4.69) is 72.8 Å². The van der Waals surface area contributed by atoms with Crippen molar-refractivity contribution in [3.8, 4) is 5.75 Å². The summed E-state index contributed by atoms with van der Waals surface area (Å²) in [6.45, 7) is 19.0. The molecule has 1 aromatic rings. The molecule has 0 aliphatic rings. The highest BCUT2D eigenvalue weighted by molar-refractivity contribution is 5.81. The third-order valence-corrected chi connectivity index (χ3v) is 3.84. The summed E-state index contributed by atoms with van der Waals surface area (Å²) in [7, 11) is 0. The first kappa shape index (κ1) is 20.5. The highest BCUT2D eigenvalue weighted by Crippen LogP contribution is 2.27. The maximum Gasteiger partial charge on any atom is 0.261 e. The highest BCUT2D eigenvalue weighted by atomic mass is 16.5. The van der Waals surface area contributed by atoms with Gasteiger partial charge in [0, 0.05) is 5.54 Å². The van der Waals surface area contributed by atoms with E-state index in [0.717, 1.165) is 12.2 Å². The number of benzene rings is 1. The smallest absolute Gasteiger partial charge is 0.261 e. The van der Waals surface area contributed by atoms with Crippen molar-refractivity contribution in [3.05, 3.63) is 29.8 Å². The maximum absolute atomic E-state index is 12.4. The van der Waals surface area contributed by atoms with Crippen molar-refractivity contribution in [1.82, 2.24) is 5.32 Å². The van der Waals surface area contributed by atoms with E-state index in [-0.39, 0.29) is 22.3 Å². The molecule has 0 spiro atoms. The lowest BCUT2D eigenvalue weighted by Gasteiger charge is -2.34. The average Bonchev–Trinajstić information content (AvgIpc) is 2.34. The Balaban J connectivity index is 2.67. The monoisotopic (exact) mass is 333 g/mol. The number of amides is 1. The SMILES string of the molecule is CC(Oc1ccc(C(C)(C)C)cc1)C(=O)NC(C)(C)CC(C)(C)C. The molecular weight excluding hydrogens is 298 g/mol. The molecular formula is C21H35NO2. The normalized spacial score (nSPS) is 14.2. The van der Waals surface area contributed by atoms with Gasteiger partial charge in [-0.2, -0.15) is 0 Å².